The molecule has 1 aromatic carbocycles. The highest BCUT2D eigenvalue weighted by atomic mass is 16.7. The van der Waals surface area contributed by atoms with E-state index in [0.29, 0.717) is 0 Å². The predicted octanol–water partition coefficient (Wildman–Crippen LogP) is 13.5. The molecule has 20 aliphatic carbocycles. The van der Waals surface area contributed by atoms with Crippen LogP contribution < -0.4 is 23.7 Å². The summed E-state index contributed by atoms with van der Waals surface area (Å²) in [5.41, 5.74) is 0.351. The number of benzene rings is 1. The van der Waals surface area contributed by atoms with Crippen LogP contribution in [0.2, 0.25) is 0 Å². The van der Waals surface area contributed by atoms with Crippen molar-refractivity contribution in [2.24, 2.45) is 116 Å². The molecule has 0 amide bonds. The average molecular weight is 1110 g/mol. The molecule has 5 heterocycles. The summed E-state index contributed by atoms with van der Waals surface area (Å²) in [4.78, 5) is 0. The fourth-order valence-electron chi connectivity index (χ4n) is 28.5. The molecule has 20 bridgehead atoms. The van der Waals surface area contributed by atoms with Crippen molar-refractivity contribution >= 4 is 0 Å². The molecule has 25 aliphatic rings. The van der Waals surface area contributed by atoms with E-state index < -0.39 is 0 Å². The van der Waals surface area contributed by atoms with E-state index in [1.807, 2.05) is 0 Å². The first-order valence-corrected chi connectivity index (χ1v) is 35.2. The first-order chi connectivity index (χ1) is 39.6. The minimum absolute atomic E-state index is 0.0478. The number of hydrogen-bond donors (Lipinski definition) is 0. The van der Waals surface area contributed by atoms with E-state index in [2.05, 4.69) is 6.07 Å². The van der Waals surface area contributed by atoms with Gasteiger partial charge in [0.15, 0.2) is 11.5 Å². The summed E-state index contributed by atoms with van der Waals surface area (Å²) in [6, 6.07) is 2.38. The Bertz CT molecular complexity index is 2370. The number of ether oxygens (including phenoxy) is 10. The molecule has 0 N–H and O–H groups in total. The van der Waals surface area contributed by atoms with E-state index in [1.54, 1.807) is 0 Å². The van der Waals surface area contributed by atoms with Crippen molar-refractivity contribution in [1.82, 2.24) is 0 Å². The Labute approximate surface area is 482 Å². The van der Waals surface area contributed by atoms with Crippen LogP contribution in [0.15, 0.2) is 6.07 Å². The normalized spacial score (nSPS) is 55.4. The summed E-state index contributed by atoms with van der Waals surface area (Å²) in [5.74, 6) is 15.9. The van der Waals surface area contributed by atoms with Gasteiger partial charge in [0.2, 0.25) is 17.2 Å². The lowest BCUT2D eigenvalue weighted by molar-refractivity contribution is -0.132. The van der Waals surface area contributed by atoms with Gasteiger partial charge in [0.1, 0.15) is 61.0 Å². The van der Waals surface area contributed by atoms with E-state index >= 15 is 0 Å². The molecule has 25 fully saturated rings. The Balaban J connectivity index is 0.785. The van der Waals surface area contributed by atoms with E-state index in [0.717, 1.165) is 151 Å². The van der Waals surface area contributed by atoms with Gasteiger partial charge in [0.25, 0.3) is 0 Å². The van der Waals surface area contributed by atoms with Crippen molar-refractivity contribution in [2.75, 3.05) is 33.0 Å². The van der Waals surface area contributed by atoms with E-state index in [4.69, 9.17) is 47.4 Å². The zero-order valence-corrected chi connectivity index (χ0v) is 48.8. The molecule has 20 saturated carbocycles. The van der Waals surface area contributed by atoms with Crippen molar-refractivity contribution in [2.45, 2.75) is 254 Å². The number of rotatable bonds is 20. The van der Waals surface area contributed by atoms with Crippen molar-refractivity contribution in [3.05, 3.63) is 6.07 Å². The SMILES string of the molecule is c1c(OC(C2CO2)C23CC4CC(CC(C4)C2)C3)c(OC(C2CO2)C23CC4CC(CC(C4)C2)C3)c(OC(C2CO2)C23CC4CC(CC(C4)C2)C3)c(OC(C2CO2)C23CC4CC(CC(C4)C2)C3)c1OC(C1CO1)C12CC3CC(CC(C3)C1)C2. The summed E-state index contributed by atoms with van der Waals surface area (Å²) in [5, 5.41) is 0. The molecule has 5 aliphatic heterocycles. The highest BCUT2D eigenvalue weighted by Crippen LogP contribution is 2.71. The van der Waals surface area contributed by atoms with Gasteiger partial charge in [-0.05, 0) is 281 Å². The van der Waals surface area contributed by atoms with Gasteiger partial charge in [-0.25, -0.2) is 0 Å². The van der Waals surface area contributed by atoms with Crippen molar-refractivity contribution in [1.29, 1.82) is 0 Å². The van der Waals surface area contributed by atoms with Crippen molar-refractivity contribution in [3.8, 4) is 28.7 Å². The van der Waals surface area contributed by atoms with Gasteiger partial charge < -0.3 is 47.4 Å². The molecule has 10 nitrogen and oxygen atoms in total. The standard InChI is InChI=1S/C71H96O10/c1-37-2-39-3-38(1)18-67(17-37,19-39)62(54-32-72-54)77-52-16-53(78-63(55-33-73-55)68-20-40-4-41(21-68)6-42(5-40)22-68)60(80-65(57-35-75-57)70-26-46-10-47(27-70)12-48(11-46)28-70)61(81-66(58-36-76-58)71-29-49-13-50(30-71)15-51(14-49)31-71)59(52)79-64(56-34-74-56)69-23-43-7-44(24-69)9-45(8-43)25-69/h16,37-51,54-58,62-66H,1-15,17-36H2. The Morgan fingerprint density at radius 1 is 0.247 bits per heavy atom. The highest BCUT2D eigenvalue weighted by Gasteiger charge is 2.66. The van der Waals surface area contributed by atoms with Gasteiger partial charge in [0.05, 0.1) is 33.0 Å². The molecular formula is C71H96O10. The van der Waals surface area contributed by atoms with E-state index in [1.165, 1.54) is 193 Å². The van der Waals surface area contributed by atoms with Gasteiger partial charge in [-0.1, -0.05) is 0 Å². The van der Waals surface area contributed by atoms with Crippen LogP contribution in [-0.4, -0.2) is 94.1 Å². The number of hydrogen-bond acceptors (Lipinski definition) is 10. The summed E-state index contributed by atoms with van der Waals surface area (Å²) in [6.45, 7) is 3.84. The van der Waals surface area contributed by atoms with Gasteiger partial charge in [-0.3, -0.25) is 0 Å². The fourth-order valence-corrected chi connectivity index (χ4v) is 28.5. The topological polar surface area (TPSA) is 109 Å². The molecule has 26 rings (SSSR count). The maximum Gasteiger partial charge on any atom is 0.211 e. The molecule has 81 heavy (non-hydrogen) atoms. The zero-order valence-electron chi connectivity index (χ0n) is 48.8. The molecule has 0 aromatic heterocycles. The Morgan fingerprint density at radius 3 is 0.580 bits per heavy atom. The van der Waals surface area contributed by atoms with Crippen LogP contribution in [0, 0.1) is 116 Å². The minimum Gasteiger partial charge on any atom is -0.483 e. The van der Waals surface area contributed by atoms with Crippen LogP contribution in [0.3, 0.4) is 0 Å². The Hall–Kier alpha value is -1.98. The summed E-state index contributed by atoms with van der Waals surface area (Å²) in [7, 11) is 0. The fraction of sp³-hybridized carbons (Fsp3) is 0.915. The highest BCUT2D eigenvalue weighted by molar-refractivity contribution is 5.67. The molecule has 440 valence electrons. The van der Waals surface area contributed by atoms with Gasteiger partial charge in [-0.15, -0.1) is 0 Å². The van der Waals surface area contributed by atoms with E-state index in [9.17, 15) is 0 Å². The van der Waals surface area contributed by atoms with Gasteiger partial charge in [0, 0.05) is 33.1 Å². The lowest BCUT2D eigenvalue weighted by Gasteiger charge is -2.60. The third-order valence-corrected chi connectivity index (χ3v) is 29.3. The van der Waals surface area contributed by atoms with Crippen LogP contribution in [0.4, 0.5) is 0 Å². The lowest BCUT2D eigenvalue weighted by atomic mass is 9.48. The second-order valence-corrected chi connectivity index (χ2v) is 35.3. The minimum atomic E-state index is -0.111. The van der Waals surface area contributed by atoms with Crippen LogP contribution in [0.1, 0.15) is 193 Å². The molecule has 0 radical (unpaired) electrons. The molecule has 1 aromatic rings. The second-order valence-electron chi connectivity index (χ2n) is 35.3. The average Bonchev–Trinajstić information content (AvgIpc) is 4.28. The quantitative estimate of drug-likeness (QED) is 0.117. The first-order valence-electron chi connectivity index (χ1n) is 35.2. The molecule has 10 atom stereocenters. The number of epoxide rings is 5. The monoisotopic (exact) mass is 1110 g/mol. The Morgan fingerprint density at radius 2 is 0.407 bits per heavy atom. The zero-order chi connectivity index (χ0) is 52.3. The second kappa shape index (κ2) is 17.2. The van der Waals surface area contributed by atoms with Gasteiger partial charge in [-0.2, -0.15) is 0 Å². The molecule has 10 heteroatoms. The summed E-state index contributed by atoms with van der Waals surface area (Å²) in [6.07, 6.45) is 39.7. The smallest absolute Gasteiger partial charge is 0.211 e. The van der Waals surface area contributed by atoms with E-state index in [-0.39, 0.29) is 88.1 Å². The summed E-state index contributed by atoms with van der Waals surface area (Å²) >= 11 is 0. The third kappa shape index (κ3) is 7.96. The first kappa shape index (κ1) is 49.1. The molecule has 5 saturated heterocycles. The molecule has 0 spiro atoms. The Kier molecular flexibility index (Phi) is 10.4. The van der Waals surface area contributed by atoms with Crippen LogP contribution in [0.5, 0.6) is 28.7 Å². The molecule has 10 unspecified atom stereocenters. The predicted molar refractivity (Wildman–Crippen MR) is 300 cm³/mol. The molecular weight excluding hydrogens is 1010 g/mol. The van der Waals surface area contributed by atoms with Crippen molar-refractivity contribution < 1.29 is 47.4 Å². The van der Waals surface area contributed by atoms with Crippen LogP contribution in [0.25, 0.3) is 0 Å². The summed E-state index contributed by atoms with van der Waals surface area (Å²) < 4.78 is 75.3. The maximum atomic E-state index is 8.54. The van der Waals surface area contributed by atoms with Crippen LogP contribution >= 0.6 is 0 Å². The third-order valence-electron chi connectivity index (χ3n) is 29.3. The lowest BCUT2D eigenvalue weighted by Crippen LogP contribution is -2.56. The largest absolute Gasteiger partial charge is 0.483 e. The van der Waals surface area contributed by atoms with Crippen LogP contribution in [-0.2, 0) is 23.7 Å². The van der Waals surface area contributed by atoms with Crippen molar-refractivity contribution in [3.63, 3.8) is 0 Å². The van der Waals surface area contributed by atoms with Gasteiger partial charge >= 0.3 is 0 Å². The maximum absolute atomic E-state index is 8.54.